The number of hydrogen-bond donors (Lipinski definition) is 2. The first-order valence-electron chi connectivity index (χ1n) is 5.82. The molecule has 0 amide bonds. The van der Waals surface area contributed by atoms with Crippen molar-refractivity contribution in [3.8, 4) is 0 Å². The van der Waals surface area contributed by atoms with Crippen molar-refractivity contribution < 1.29 is 0 Å². The van der Waals surface area contributed by atoms with E-state index in [-0.39, 0.29) is 0 Å². The highest BCUT2D eigenvalue weighted by molar-refractivity contribution is 5.77. The molecule has 0 aromatic heterocycles. The molecule has 0 saturated carbocycles. The molecule has 15 heavy (non-hydrogen) atoms. The molecule has 0 unspecified atom stereocenters. The van der Waals surface area contributed by atoms with E-state index in [0.29, 0.717) is 0 Å². The lowest BCUT2D eigenvalue weighted by Crippen LogP contribution is -2.30. The van der Waals surface area contributed by atoms with Gasteiger partial charge in [-0.1, -0.05) is 34.1 Å². The Morgan fingerprint density at radius 1 is 1.40 bits per heavy atom. The van der Waals surface area contributed by atoms with Crippen LogP contribution in [0, 0.1) is 5.41 Å². The maximum absolute atomic E-state index is 7.03. The van der Waals surface area contributed by atoms with Crippen LogP contribution in [0.4, 0.5) is 0 Å². The minimum Gasteiger partial charge on any atom is -0.402 e. The maximum atomic E-state index is 7.03. The van der Waals surface area contributed by atoms with E-state index in [0.717, 1.165) is 30.8 Å². The molecule has 90 valence electrons. The minimum absolute atomic E-state index is 0.829. The molecule has 1 heterocycles. The molecule has 3 N–H and O–H groups in total. The highest BCUT2D eigenvalue weighted by atomic mass is 15.1. The van der Waals surface area contributed by atoms with E-state index >= 15 is 0 Å². The normalized spacial score (nSPS) is 15.8. The van der Waals surface area contributed by atoms with Crippen LogP contribution in [0.1, 0.15) is 40.5 Å². The molecule has 1 aliphatic rings. The molecule has 3 heteroatoms. The quantitative estimate of drug-likeness (QED) is 0.658. The van der Waals surface area contributed by atoms with Crippen LogP contribution in [0.15, 0.2) is 11.3 Å². The Morgan fingerprint density at radius 2 is 1.87 bits per heavy atom. The van der Waals surface area contributed by atoms with Crippen LogP contribution in [0.25, 0.3) is 0 Å². The third kappa shape index (κ3) is 8.18. The standard InChI is InChI=1S/C7H13N3.C3H8.C2H6/c1-10-3-2-7(9)6(4-8)5-10;1-3-2;1-2/h4,8H,2-3,5,9H2,1H3;3H2,1-2H3;1-2H3. The lowest BCUT2D eigenvalue weighted by atomic mass is 10.1. The van der Waals surface area contributed by atoms with Gasteiger partial charge in [-0.15, -0.1) is 0 Å². The predicted molar refractivity (Wildman–Crippen MR) is 69.4 cm³/mol. The van der Waals surface area contributed by atoms with E-state index in [1.54, 1.807) is 0 Å². The number of nitrogens with two attached hydrogens (primary N) is 1. The zero-order valence-corrected chi connectivity index (χ0v) is 10.9. The second-order valence-electron chi connectivity index (χ2n) is 3.39. The fourth-order valence-corrected chi connectivity index (χ4v) is 1.08. The van der Waals surface area contributed by atoms with Gasteiger partial charge >= 0.3 is 0 Å². The highest BCUT2D eigenvalue weighted by Gasteiger charge is 2.11. The van der Waals surface area contributed by atoms with Gasteiger partial charge in [-0.3, -0.25) is 0 Å². The molecular weight excluding hydrogens is 186 g/mol. The molecule has 0 bridgehead atoms. The van der Waals surface area contributed by atoms with Crippen molar-refractivity contribution in [3.63, 3.8) is 0 Å². The summed E-state index contributed by atoms with van der Waals surface area (Å²) in [6.07, 6.45) is 3.51. The van der Waals surface area contributed by atoms with Crippen molar-refractivity contribution in [2.24, 2.45) is 5.73 Å². The summed E-state index contributed by atoms with van der Waals surface area (Å²) in [5.74, 6) is 0. The Kier molecular flexibility index (Phi) is 12.4. The first-order valence-corrected chi connectivity index (χ1v) is 5.82. The number of nitrogens with zero attached hydrogens (tertiary/aromatic N) is 1. The zero-order valence-electron chi connectivity index (χ0n) is 10.9. The van der Waals surface area contributed by atoms with Crippen LogP contribution in [-0.2, 0) is 0 Å². The van der Waals surface area contributed by atoms with Gasteiger partial charge in [0.2, 0.25) is 0 Å². The molecule has 1 rings (SSSR count). The van der Waals surface area contributed by atoms with Crippen molar-refractivity contribution >= 4 is 6.21 Å². The van der Waals surface area contributed by atoms with Crippen LogP contribution in [0.2, 0.25) is 0 Å². The summed E-state index contributed by atoms with van der Waals surface area (Å²) in [4.78, 5) is 2.16. The van der Waals surface area contributed by atoms with Gasteiger partial charge in [-0.25, -0.2) is 0 Å². The third-order valence-corrected chi connectivity index (χ3v) is 1.79. The lowest BCUT2D eigenvalue weighted by molar-refractivity contribution is 0.353. The second-order valence-corrected chi connectivity index (χ2v) is 3.39. The highest BCUT2D eigenvalue weighted by Crippen LogP contribution is 2.09. The van der Waals surface area contributed by atoms with Crippen molar-refractivity contribution in [3.05, 3.63) is 11.3 Å². The van der Waals surface area contributed by atoms with Crippen LogP contribution >= 0.6 is 0 Å². The van der Waals surface area contributed by atoms with Crippen LogP contribution in [0.5, 0.6) is 0 Å². The summed E-state index contributed by atoms with van der Waals surface area (Å²) in [5, 5.41) is 7.03. The molecule has 0 radical (unpaired) electrons. The van der Waals surface area contributed by atoms with Gasteiger partial charge in [0.15, 0.2) is 0 Å². The van der Waals surface area contributed by atoms with Crippen molar-refractivity contribution in [2.75, 3.05) is 20.1 Å². The fraction of sp³-hybridized carbons (Fsp3) is 0.750. The Labute approximate surface area is 94.9 Å². The first kappa shape index (κ1) is 16.6. The summed E-state index contributed by atoms with van der Waals surface area (Å²) in [5.41, 5.74) is 7.50. The average molecular weight is 213 g/mol. The minimum atomic E-state index is 0.829. The third-order valence-electron chi connectivity index (χ3n) is 1.79. The second kappa shape index (κ2) is 11.2. The molecule has 3 nitrogen and oxygen atoms in total. The van der Waals surface area contributed by atoms with Crippen molar-refractivity contribution in [1.82, 2.24) is 4.90 Å². The summed E-state index contributed by atoms with van der Waals surface area (Å²) in [6.45, 7) is 10.1. The Bertz CT molecular complexity index is 185. The maximum Gasteiger partial charge on any atom is 0.0262 e. The topological polar surface area (TPSA) is 53.1 Å². The average Bonchev–Trinajstić information content (AvgIpc) is 2.26. The molecule has 0 spiro atoms. The van der Waals surface area contributed by atoms with Gasteiger partial charge in [0.25, 0.3) is 0 Å². The number of likely N-dealkylation sites (N-methyl/N-ethyl adjacent to an activating group) is 1. The fourth-order valence-electron chi connectivity index (χ4n) is 1.08. The summed E-state index contributed by atoms with van der Waals surface area (Å²) in [6, 6.07) is 0. The summed E-state index contributed by atoms with van der Waals surface area (Å²) in [7, 11) is 2.04. The summed E-state index contributed by atoms with van der Waals surface area (Å²) >= 11 is 0. The Hall–Kier alpha value is -0.830. The molecule has 0 saturated heterocycles. The smallest absolute Gasteiger partial charge is 0.0262 e. The molecule has 0 fully saturated rings. The van der Waals surface area contributed by atoms with Gasteiger partial charge < -0.3 is 16.0 Å². The van der Waals surface area contributed by atoms with E-state index in [1.807, 2.05) is 20.9 Å². The lowest BCUT2D eigenvalue weighted by Gasteiger charge is -2.23. The van der Waals surface area contributed by atoms with E-state index < -0.39 is 0 Å². The zero-order chi connectivity index (χ0) is 12.3. The van der Waals surface area contributed by atoms with Gasteiger partial charge in [0, 0.05) is 37.0 Å². The van der Waals surface area contributed by atoms with Gasteiger partial charge in [-0.2, -0.15) is 0 Å². The van der Waals surface area contributed by atoms with Gasteiger partial charge in [0.05, 0.1) is 0 Å². The number of hydrogen-bond acceptors (Lipinski definition) is 3. The largest absolute Gasteiger partial charge is 0.402 e. The molecule has 0 aromatic rings. The van der Waals surface area contributed by atoms with Crippen LogP contribution in [0.3, 0.4) is 0 Å². The SMILES string of the molecule is CC.CCC.CN1CCC(N)=C(C=N)C1. The first-order chi connectivity index (χ1) is 7.15. The number of nitrogens with one attached hydrogen (secondary N) is 1. The van der Waals surface area contributed by atoms with Crippen LogP contribution < -0.4 is 5.73 Å². The van der Waals surface area contributed by atoms with Gasteiger partial charge in [0.1, 0.15) is 0 Å². The molecule has 0 aromatic carbocycles. The van der Waals surface area contributed by atoms with Crippen molar-refractivity contribution in [2.45, 2.75) is 40.5 Å². The summed E-state index contributed by atoms with van der Waals surface area (Å²) < 4.78 is 0. The van der Waals surface area contributed by atoms with Gasteiger partial charge in [-0.05, 0) is 7.05 Å². The molecule has 1 aliphatic heterocycles. The van der Waals surface area contributed by atoms with E-state index in [4.69, 9.17) is 11.1 Å². The van der Waals surface area contributed by atoms with Crippen molar-refractivity contribution in [1.29, 1.82) is 5.41 Å². The Morgan fingerprint density at radius 3 is 2.20 bits per heavy atom. The van der Waals surface area contributed by atoms with E-state index in [9.17, 15) is 0 Å². The van der Waals surface area contributed by atoms with E-state index in [1.165, 1.54) is 12.6 Å². The predicted octanol–water partition coefficient (Wildman–Crippen LogP) is 2.63. The molecular formula is C12H27N3. The molecule has 0 atom stereocenters. The molecule has 0 aliphatic carbocycles. The van der Waals surface area contributed by atoms with E-state index in [2.05, 4.69) is 18.7 Å². The van der Waals surface area contributed by atoms with Crippen LogP contribution in [-0.4, -0.2) is 31.3 Å². The number of rotatable bonds is 1. The Balaban J connectivity index is 0. The monoisotopic (exact) mass is 213 g/mol.